The van der Waals surface area contributed by atoms with E-state index in [1.165, 1.54) is 19.2 Å². The second-order valence-corrected chi connectivity index (χ2v) is 4.22. The number of hydrogen-bond acceptors (Lipinski definition) is 2. The van der Waals surface area contributed by atoms with Crippen LogP contribution >= 0.6 is 0 Å². The largest absolute Gasteiger partial charge is 0.497 e. The predicted octanol–water partition coefficient (Wildman–Crippen LogP) is 3.54. The summed E-state index contributed by atoms with van der Waals surface area (Å²) in [6.45, 7) is 0. The number of methoxy groups -OCH3 is 1. The van der Waals surface area contributed by atoms with Gasteiger partial charge in [0.1, 0.15) is 23.2 Å². The Kier molecular flexibility index (Phi) is 4.08. The van der Waals surface area contributed by atoms with Crippen LogP contribution in [0.5, 0.6) is 5.75 Å². The molecule has 0 aliphatic carbocycles. The summed E-state index contributed by atoms with van der Waals surface area (Å²) < 4.78 is 44.6. The molecule has 0 radical (unpaired) electrons. The first-order valence-electron chi connectivity index (χ1n) is 5.81. The van der Waals surface area contributed by atoms with E-state index < -0.39 is 23.2 Å². The molecule has 0 bridgehead atoms. The van der Waals surface area contributed by atoms with Crippen molar-refractivity contribution in [2.45, 2.75) is 6.42 Å². The summed E-state index contributed by atoms with van der Waals surface area (Å²) >= 11 is 0. The fourth-order valence-electron chi connectivity index (χ4n) is 1.84. The number of carbonyl (C=O) groups is 1. The van der Waals surface area contributed by atoms with Gasteiger partial charge in [0.15, 0.2) is 5.78 Å². The Hall–Kier alpha value is -2.30. The summed E-state index contributed by atoms with van der Waals surface area (Å²) in [4.78, 5) is 11.9. The second kappa shape index (κ2) is 5.77. The van der Waals surface area contributed by atoms with Crippen molar-refractivity contribution in [1.29, 1.82) is 0 Å². The smallest absolute Gasteiger partial charge is 0.170 e. The van der Waals surface area contributed by atoms with Crippen LogP contribution < -0.4 is 4.74 Å². The molecule has 0 fully saturated rings. The lowest BCUT2D eigenvalue weighted by Crippen LogP contribution is -2.07. The van der Waals surface area contributed by atoms with E-state index in [0.29, 0.717) is 6.07 Å². The highest BCUT2D eigenvalue weighted by molar-refractivity contribution is 5.97. The van der Waals surface area contributed by atoms with Gasteiger partial charge in [-0.2, -0.15) is 0 Å². The molecule has 2 aromatic rings. The van der Waals surface area contributed by atoms with Gasteiger partial charge in [0.05, 0.1) is 12.7 Å². The number of benzene rings is 2. The molecule has 0 atom stereocenters. The standard InChI is InChI=1S/C15H11F3O2/c1-20-12-2-3-13(14(18)8-12)15(19)6-9-4-10(16)7-11(17)5-9/h2-5,7-8H,6H2,1H3. The van der Waals surface area contributed by atoms with Crippen LogP contribution in [0.15, 0.2) is 36.4 Å². The highest BCUT2D eigenvalue weighted by Crippen LogP contribution is 2.18. The number of ketones is 1. The molecule has 0 saturated carbocycles. The lowest BCUT2D eigenvalue weighted by molar-refractivity contribution is 0.0989. The lowest BCUT2D eigenvalue weighted by atomic mass is 10.0. The minimum Gasteiger partial charge on any atom is -0.497 e. The Labute approximate surface area is 113 Å². The molecule has 5 heteroatoms. The second-order valence-electron chi connectivity index (χ2n) is 4.22. The van der Waals surface area contributed by atoms with Crippen LogP contribution in [0.2, 0.25) is 0 Å². The Morgan fingerprint density at radius 2 is 1.70 bits per heavy atom. The Bertz CT molecular complexity index is 633. The number of rotatable bonds is 4. The maximum absolute atomic E-state index is 13.7. The van der Waals surface area contributed by atoms with E-state index in [-0.39, 0.29) is 23.3 Å². The van der Waals surface area contributed by atoms with E-state index in [1.807, 2.05) is 0 Å². The minimum atomic E-state index is -0.775. The number of halogens is 3. The molecule has 0 aliphatic rings. The molecule has 0 aliphatic heterocycles. The van der Waals surface area contributed by atoms with Crippen LogP contribution in [0, 0.1) is 17.5 Å². The van der Waals surface area contributed by atoms with Crippen molar-refractivity contribution in [3.8, 4) is 5.75 Å². The molecule has 0 heterocycles. The van der Waals surface area contributed by atoms with Crippen LogP contribution in [0.25, 0.3) is 0 Å². The normalized spacial score (nSPS) is 10.4. The number of carbonyl (C=O) groups excluding carboxylic acids is 1. The van der Waals surface area contributed by atoms with Crippen molar-refractivity contribution in [2.24, 2.45) is 0 Å². The van der Waals surface area contributed by atoms with Crippen LogP contribution in [0.3, 0.4) is 0 Å². The van der Waals surface area contributed by atoms with Gasteiger partial charge in [0.25, 0.3) is 0 Å². The highest BCUT2D eigenvalue weighted by atomic mass is 19.1. The molecule has 0 aromatic heterocycles. The van der Waals surface area contributed by atoms with Gasteiger partial charge in [0.2, 0.25) is 0 Å². The van der Waals surface area contributed by atoms with Gasteiger partial charge in [-0.1, -0.05) is 0 Å². The molecule has 0 N–H and O–H groups in total. The van der Waals surface area contributed by atoms with E-state index in [1.54, 1.807) is 0 Å². The van der Waals surface area contributed by atoms with Gasteiger partial charge in [-0.25, -0.2) is 13.2 Å². The summed E-state index contributed by atoms with van der Waals surface area (Å²) in [5.41, 5.74) is 0.0122. The highest BCUT2D eigenvalue weighted by Gasteiger charge is 2.14. The molecule has 104 valence electrons. The Morgan fingerprint density at radius 1 is 1.05 bits per heavy atom. The zero-order valence-electron chi connectivity index (χ0n) is 10.6. The summed E-state index contributed by atoms with van der Waals surface area (Å²) in [6, 6.07) is 6.61. The molecule has 20 heavy (non-hydrogen) atoms. The number of hydrogen-bond donors (Lipinski definition) is 0. The van der Waals surface area contributed by atoms with E-state index in [9.17, 15) is 18.0 Å². The van der Waals surface area contributed by atoms with Gasteiger partial charge < -0.3 is 4.74 Å². The average Bonchev–Trinajstić information content (AvgIpc) is 2.36. The van der Waals surface area contributed by atoms with E-state index in [2.05, 4.69) is 0 Å². The third-order valence-corrected chi connectivity index (χ3v) is 2.76. The van der Waals surface area contributed by atoms with Gasteiger partial charge in [0, 0.05) is 18.6 Å². The van der Waals surface area contributed by atoms with Crippen LogP contribution in [0.4, 0.5) is 13.2 Å². The summed E-state index contributed by atoms with van der Waals surface area (Å²) in [7, 11) is 1.38. The van der Waals surface area contributed by atoms with Crippen molar-refractivity contribution in [2.75, 3.05) is 7.11 Å². The van der Waals surface area contributed by atoms with Crippen LogP contribution in [-0.4, -0.2) is 12.9 Å². The van der Waals surface area contributed by atoms with Gasteiger partial charge in [-0.05, 0) is 29.8 Å². The van der Waals surface area contributed by atoms with E-state index in [4.69, 9.17) is 4.74 Å². The van der Waals surface area contributed by atoms with E-state index >= 15 is 0 Å². The molecular formula is C15H11F3O2. The van der Waals surface area contributed by atoms with Gasteiger partial charge in [-0.3, -0.25) is 4.79 Å². The summed E-state index contributed by atoms with van der Waals surface area (Å²) in [5, 5.41) is 0. The SMILES string of the molecule is COc1ccc(C(=O)Cc2cc(F)cc(F)c2)c(F)c1. The third kappa shape index (κ3) is 3.17. The molecule has 2 rings (SSSR count). The number of ether oxygens (including phenoxy) is 1. The minimum absolute atomic E-state index is 0.143. The molecular weight excluding hydrogens is 269 g/mol. The van der Waals surface area contributed by atoms with Gasteiger partial charge >= 0.3 is 0 Å². The Morgan fingerprint density at radius 3 is 2.25 bits per heavy atom. The molecule has 0 saturated heterocycles. The predicted molar refractivity (Wildman–Crippen MR) is 67.3 cm³/mol. The van der Waals surface area contributed by atoms with Crippen molar-refractivity contribution < 1.29 is 22.7 Å². The van der Waals surface area contributed by atoms with E-state index in [0.717, 1.165) is 18.2 Å². The van der Waals surface area contributed by atoms with Crippen molar-refractivity contribution >= 4 is 5.78 Å². The fraction of sp³-hybridized carbons (Fsp3) is 0.133. The first-order chi connectivity index (χ1) is 9.49. The summed E-state index contributed by atoms with van der Waals surface area (Å²) in [6.07, 6.45) is -0.280. The van der Waals surface area contributed by atoms with Crippen LogP contribution in [0.1, 0.15) is 15.9 Å². The lowest BCUT2D eigenvalue weighted by Gasteiger charge is -2.05. The zero-order valence-corrected chi connectivity index (χ0v) is 10.6. The zero-order chi connectivity index (χ0) is 14.7. The topological polar surface area (TPSA) is 26.3 Å². The Balaban J connectivity index is 2.23. The summed E-state index contributed by atoms with van der Waals surface area (Å²) in [5.74, 6) is -2.55. The quantitative estimate of drug-likeness (QED) is 0.801. The van der Waals surface area contributed by atoms with Crippen LogP contribution in [-0.2, 0) is 6.42 Å². The first-order valence-corrected chi connectivity index (χ1v) is 5.81. The van der Waals surface area contributed by atoms with Crippen molar-refractivity contribution in [1.82, 2.24) is 0 Å². The molecule has 0 amide bonds. The fourth-order valence-corrected chi connectivity index (χ4v) is 1.84. The third-order valence-electron chi connectivity index (χ3n) is 2.76. The first kappa shape index (κ1) is 14.1. The monoisotopic (exact) mass is 280 g/mol. The molecule has 0 unspecified atom stereocenters. The molecule has 0 spiro atoms. The average molecular weight is 280 g/mol. The molecule has 2 nitrogen and oxygen atoms in total. The van der Waals surface area contributed by atoms with Crippen molar-refractivity contribution in [3.63, 3.8) is 0 Å². The molecule has 2 aromatic carbocycles. The van der Waals surface area contributed by atoms with Gasteiger partial charge in [-0.15, -0.1) is 0 Å². The maximum Gasteiger partial charge on any atom is 0.170 e. The van der Waals surface area contributed by atoms with Crippen molar-refractivity contribution in [3.05, 3.63) is 65.0 Å². The maximum atomic E-state index is 13.7. The number of Topliss-reactive ketones (excluding diaryl/α,β-unsaturated/α-hetero) is 1.